The van der Waals surface area contributed by atoms with E-state index in [1.165, 1.54) is 4.90 Å². The van der Waals surface area contributed by atoms with Gasteiger partial charge >= 0.3 is 0 Å². The van der Waals surface area contributed by atoms with E-state index in [-0.39, 0.29) is 11.8 Å². The summed E-state index contributed by atoms with van der Waals surface area (Å²) in [6.45, 7) is 3.63. The van der Waals surface area contributed by atoms with E-state index >= 15 is 0 Å². The Kier molecular flexibility index (Phi) is 5.85. The molecule has 2 aromatic carbocycles. The standard InChI is InChI=1S/C22H23N3O3S/c1-3-27-19-7-5-4-6-16(19)13-25-14-17(12-20(25)26)22-23-21(24-28-22)15-8-10-18(29-2)11-9-15/h4-11,17H,3,12-14H2,1-2H3. The lowest BCUT2D eigenvalue weighted by Crippen LogP contribution is -2.24. The first kappa shape index (κ1) is 19.5. The molecule has 0 aliphatic carbocycles. The molecular formula is C22H23N3O3S. The number of amides is 1. The highest BCUT2D eigenvalue weighted by Crippen LogP contribution is 2.31. The Morgan fingerprint density at radius 3 is 2.76 bits per heavy atom. The number of ether oxygens (including phenoxy) is 1. The molecule has 0 spiro atoms. The number of hydrogen-bond acceptors (Lipinski definition) is 6. The van der Waals surface area contributed by atoms with Gasteiger partial charge in [0.2, 0.25) is 17.6 Å². The Hall–Kier alpha value is -2.80. The van der Waals surface area contributed by atoms with Crippen LogP contribution in [0.25, 0.3) is 11.4 Å². The average molecular weight is 410 g/mol. The van der Waals surface area contributed by atoms with Gasteiger partial charge in [-0.1, -0.05) is 23.4 Å². The number of likely N-dealkylation sites (tertiary alicyclic amines) is 1. The highest BCUT2D eigenvalue weighted by atomic mass is 32.2. The van der Waals surface area contributed by atoms with Crippen LogP contribution in [0.3, 0.4) is 0 Å². The lowest BCUT2D eigenvalue weighted by Gasteiger charge is -2.18. The van der Waals surface area contributed by atoms with Crippen LogP contribution in [0.2, 0.25) is 0 Å². The van der Waals surface area contributed by atoms with Gasteiger partial charge in [0.1, 0.15) is 5.75 Å². The van der Waals surface area contributed by atoms with E-state index < -0.39 is 0 Å². The first-order valence-corrected chi connectivity index (χ1v) is 10.9. The van der Waals surface area contributed by atoms with E-state index in [1.54, 1.807) is 11.8 Å². The van der Waals surface area contributed by atoms with E-state index in [9.17, 15) is 4.79 Å². The molecule has 1 aliphatic rings. The maximum absolute atomic E-state index is 12.6. The predicted molar refractivity (Wildman–Crippen MR) is 112 cm³/mol. The summed E-state index contributed by atoms with van der Waals surface area (Å²) in [5.41, 5.74) is 1.91. The Morgan fingerprint density at radius 1 is 1.21 bits per heavy atom. The summed E-state index contributed by atoms with van der Waals surface area (Å²) in [6.07, 6.45) is 2.42. The Labute approximate surface area is 174 Å². The smallest absolute Gasteiger partial charge is 0.232 e. The summed E-state index contributed by atoms with van der Waals surface area (Å²) < 4.78 is 11.2. The lowest BCUT2D eigenvalue weighted by atomic mass is 10.1. The molecule has 0 bridgehead atoms. The molecule has 1 aromatic heterocycles. The van der Waals surface area contributed by atoms with E-state index in [2.05, 4.69) is 10.1 Å². The van der Waals surface area contributed by atoms with Crippen LogP contribution in [0.1, 0.15) is 30.7 Å². The average Bonchev–Trinajstić information content (AvgIpc) is 3.37. The fourth-order valence-corrected chi connectivity index (χ4v) is 3.89. The topological polar surface area (TPSA) is 68.5 Å². The zero-order valence-corrected chi connectivity index (χ0v) is 17.3. The molecule has 2 heterocycles. The molecule has 6 nitrogen and oxygen atoms in total. The molecule has 0 saturated carbocycles. The summed E-state index contributed by atoms with van der Waals surface area (Å²) in [5.74, 6) is 1.89. The second-order valence-electron chi connectivity index (χ2n) is 6.90. The van der Waals surface area contributed by atoms with Crippen molar-refractivity contribution in [1.29, 1.82) is 0 Å². The SMILES string of the molecule is CCOc1ccccc1CN1CC(c2nc(-c3ccc(SC)cc3)no2)CC1=O. The third-order valence-electron chi connectivity index (χ3n) is 4.99. The van der Waals surface area contributed by atoms with Crippen LogP contribution in [0.5, 0.6) is 5.75 Å². The number of nitrogens with zero attached hydrogens (tertiary/aromatic N) is 3. The van der Waals surface area contributed by atoms with Gasteiger partial charge in [0.05, 0.1) is 12.5 Å². The van der Waals surface area contributed by atoms with Gasteiger partial charge in [-0.2, -0.15) is 4.98 Å². The molecule has 150 valence electrons. The predicted octanol–water partition coefficient (Wildman–Crippen LogP) is 4.37. The van der Waals surface area contributed by atoms with E-state index in [0.29, 0.717) is 37.8 Å². The van der Waals surface area contributed by atoms with Crippen molar-refractivity contribution in [1.82, 2.24) is 15.0 Å². The number of hydrogen-bond donors (Lipinski definition) is 0. The number of aromatic nitrogens is 2. The molecular weight excluding hydrogens is 386 g/mol. The minimum atomic E-state index is -0.0894. The highest BCUT2D eigenvalue weighted by Gasteiger charge is 2.34. The third kappa shape index (κ3) is 4.29. The minimum Gasteiger partial charge on any atom is -0.494 e. The molecule has 1 atom stereocenters. The number of benzene rings is 2. The Balaban J connectivity index is 1.46. The minimum absolute atomic E-state index is 0.0883. The van der Waals surface area contributed by atoms with Gasteiger partial charge in [-0.3, -0.25) is 4.79 Å². The van der Waals surface area contributed by atoms with Gasteiger partial charge < -0.3 is 14.2 Å². The van der Waals surface area contributed by atoms with Crippen molar-refractivity contribution in [2.24, 2.45) is 0 Å². The molecule has 1 amide bonds. The fraction of sp³-hybridized carbons (Fsp3) is 0.318. The molecule has 4 rings (SSSR count). The van der Waals surface area contributed by atoms with Crippen LogP contribution in [0.15, 0.2) is 57.9 Å². The monoisotopic (exact) mass is 409 g/mol. The van der Waals surface area contributed by atoms with Crippen molar-refractivity contribution in [3.63, 3.8) is 0 Å². The highest BCUT2D eigenvalue weighted by molar-refractivity contribution is 7.98. The number of carbonyl (C=O) groups excluding carboxylic acids is 1. The molecule has 1 fully saturated rings. The zero-order chi connectivity index (χ0) is 20.2. The van der Waals surface area contributed by atoms with E-state index in [4.69, 9.17) is 9.26 Å². The number of para-hydroxylation sites is 1. The van der Waals surface area contributed by atoms with Crippen molar-refractivity contribution >= 4 is 17.7 Å². The first-order valence-electron chi connectivity index (χ1n) is 9.64. The van der Waals surface area contributed by atoms with Gasteiger partial charge in [0, 0.05) is 35.5 Å². The van der Waals surface area contributed by atoms with Crippen LogP contribution < -0.4 is 4.74 Å². The fourth-order valence-electron chi connectivity index (χ4n) is 3.49. The van der Waals surface area contributed by atoms with Crippen molar-refractivity contribution in [2.45, 2.75) is 30.7 Å². The summed E-state index contributed by atoms with van der Waals surface area (Å²) in [4.78, 5) is 20.1. The van der Waals surface area contributed by atoms with Gasteiger partial charge in [0.25, 0.3) is 0 Å². The van der Waals surface area contributed by atoms with Gasteiger partial charge in [0.15, 0.2) is 0 Å². The summed E-state index contributed by atoms with van der Waals surface area (Å²) in [6, 6.07) is 15.9. The van der Waals surface area contributed by atoms with Crippen LogP contribution in [0, 0.1) is 0 Å². The molecule has 1 unspecified atom stereocenters. The quantitative estimate of drug-likeness (QED) is 0.540. The zero-order valence-electron chi connectivity index (χ0n) is 16.5. The van der Waals surface area contributed by atoms with Crippen LogP contribution >= 0.6 is 11.8 Å². The number of rotatable bonds is 7. The van der Waals surface area contributed by atoms with Crippen molar-refractivity contribution < 1.29 is 14.1 Å². The second kappa shape index (κ2) is 8.69. The van der Waals surface area contributed by atoms with Crippen LogP contribution in [0.4, 0.5) is 0 Å². The van der Waals surface area contributed by atoms with Crippen LogP contribution in [-0.4, -0.2) is 40.4 Å². The summed E-state index contributed by atoms with van der Waals surface area (Å²) in [7, 11) is 0. The molecule has 0 N–H and O–H groups in total. The van der Waals surface area contributed by atoms with Crippen molar-refractivity contribution in [3.8, 4) is 17.1 Å². The van der Waals surface area contributed by atoms with Crippen LogP contribution in [-0.2, 0) is 11.3 Å². The molecule has 1 aliphatic heterocycles. The summed E-state index contributed by atoms with van der Waals surface area (Å²) >= 11 is 1.69. The molecule has 3 aromatic rings. The molecule has 7 heteroatoms. The molecule has 29 heavy (non-hydrogen) atoms. The largest absolute Gasteiger partial charge is 0.494 e. The Morgan fingerprint density at radius 2 is 2.00 bits per heavy atom. The first-order chi connectivity index (χ1) is 14.2. The molecule has 0 radical (unpaired) electrons. The normalized spacial score (nSPS) is 16.4. The lowest BCUT2D eigenvalue weighted by molar-refractivity contribution is -0.128. The number of thioether (sulfide) groups is 1. The second-order valence-corrected chi connectivity index (χ2v) is 7.78. The maximum atomic E-state index is 12.6. The van der Waals surface area contributed by atoms with E-state index in [0.717, 1.165) is 16.9 Å². The molecule has 1 saturated heterocycles. The van der Waals surface area contributed by atoms with Gasteiger partial charge in [-0.05, 0) is 43.5 Å². The van der Waals surface area contributed by atoms with E-state index in [1.807, 2.05) is 66.6 Å². The van der Waals surface area contributed by atoms with Gasteiger partial charge in [-0.25, -0.2) is 0 Å². The number of carbonyl (C=O) groups is 1. The summed E-state index contributed by atoms with van der Waals surface area (Å²) in [5, 5.41) is 4.12. The van der Waals surface area contributed by atoms with Crippen molar-refractivity contribution in [3.05, 3.63) is 60.0 Å². The van der Waals surface area contributed by atoms with Crippen molar-refractivity contribution in [2.75, 3.05) is 19.4 Å². The Bertz CT molecular complexity index is 987. The third-order valence-corrected chi connectivity index (χ3v) is 5.73. The van der Waals surface area contributed by atoms with Gasteiger partial charge in [-0.15, -0.1) is 11.8 Å². The maximum Gasteiger partial charge on any atom is 0.232 e.